The maximum atomic E-state index is 12.9. The molecular formula is C18H17ClFN3. The lowest BCUT2D eigenvalue weighted by molar-refractivity contribution is 0.383. The number of hydrogen-bond donors (Lipinski definition) is 0. The van der Waals surface area contributed by atoms with E-state index in [9.17, 15) is 4.39 Å². The van der Waals surface area contributed by atoms with E-state index in [4.69, 9.17) is 11.6 Å². The first-order valence-corrected chi connectivity index (χ1v) is 7.97. The van der Waals surface area contributed by atoms with Crippen molar-refractivity contribution in [2.75, 3.05) is 19.0 Å². The fourth-order valence-corrected chi connectivity index (χ4v) is 2.77. The minimum Gasteiger partial charge on any atom is -0.370 e. The molecule has 1 aromatic carbocycles. The van der Waals surface area contributed by atoms with Gasteiger partial charge in [0.15, 0.2) is 11.6 Å². The average Bonchev–Trinajstić information content (AvgIpc) is 2.62. The van der Waals surface area contributed by atoms with Crippen LogP contribution in [0, 0.1) is 5.82 Å². The number of nitrogens with zero attached hydrogens (tertiary/aromatic N) is 3. The number of aromatic nitrogens is 2. The molecule has 0 radical (unpaired) electrons. The third kappa shape index (κ3) is 3.59. The van der Waals surface area contributed by atoms with Crippen LogP contribution in [0.2, 0.25) is 0 Å². The zero-order chi connectivity index (χ0) is 16.2. The van der Waals surface area contributed by atoms with Crippen LogP contribution in [0.4, 0.5) is 4.39 Å². The molecule has 118 valence electrons. The Labute approximate surface area is 140 Å². The van der Waals surface area contributed by atoms with Crippen LogP contribution < -0.4 is 0 Å². The van der Waals surface area contributed by atoms with Crippen LogP contribution in [0.25, 0.3) is 17.0 Å². The smallest absolute Gasteiger partial charge is 0.159 e. The van der Waals surface area contributed by atoms with Gasteiger partial charge in [0, 0.05) is 24.4 Å². The lowest BCUT2D eigenvalue weighted by Crippen LogP contribution is -2.28. The molecule has 0 unspecified atom stereocenters. The fraction of sp³-hybridized carbons (Fsp3) is 0.222. The summed E-state index contributed by atoms with van der Waals surface area (Å²) in [5, 5.41) is 0. The number of benzene rings is 1. The van der Waals surface area contributed by atoms with Crippen molar-refractivity contribution in [3.63, 3.8) is 0 Å². The summed E-state index contributed by atoms with van der Waals surface area (Å²) in [6.07, 6.45) is 5.53. The summed E-state index contributed by atoms with van der Waals surface area (Å²) in [6.45, 7) is 5.74. The molecule has 0 saturated heterocycles. The molecule has 0 saturated carbocycles. The van der Waals surface area contributed by atoms with E-state index in [2.05, 4.69) is 39.7 Å². The van der Waals surface area contributed by atoms with Gasteiger partial charge in [0.2, 0.25) is 0 Å². The van der Waals surface area contributed by atoms with Crippen molar-refractivity contribution in [2.24, 2.45) is 0 Å². The molecule has 5 heteroatoms. The first-order valence-electron chi connectivity index (χ1n) is 7.43. The predicted molar refractivity (Wildman–Crippen MR) is 91.5 cm³/mol. The molecule has 0 spiro atoms. The minimum atomic E-state index is -0.430. The van der Waals surface area contributed by atoms with E-state index >= 15 is 0 Å². The predicted octanol–water partition coefficient (Wildman–Crippen LogP) is 4.12. The van der Waals surface area contributed by atoms with Crippen molar-refractivity contribution in [3.05, 3.63) is 66.4 Å². The van der Waals surface area contributed by atoms with Gasteiger partial charge in [-0.15, -0.1) is 11.6 Å². The standard InChI is InChI=1S/C18H17ClFN3/c1-13(10-19)23-8-6-15(7-9-23)14-2-4-16(5-3-14)18-21-11-17(20)12-22-18/h2-6,11-12H,1,7-10H2. The quantitative estimate of drug-likeness (QED) is 0.790. The Bertz CT molecular complexity index is 723. The summed E-state index contributed by atoms with van der Waals surface area (Å²) in [7, 11) is 0. The summed E-state index contributed by atoms with van der Waals surface area (Å²) < 4.78 is 12.9. The van der Waals surface area contributed by atoms with Crippen LogP contribution in [-0.2, 0) is 0 Å². The monoisotopic (exact) mass is 329 g/mol. The van der Waals surface area contributed by atoms with Gasteiger partial charge in [0.1, 0.15) is 0 Å². The Morgan fingerprint density at radius 2 is 1.83 bits per heavy atom. The van der Waals surface area contributed by atoms with E-state index in [0.717, 1.165) is 30.8 Å². The summed E-state index contributed by atoms with van der Waals surface area (Å²) in [5.41, 5.74) is 4.34. The van der Waals surface area contributed by atoms with Crippen molar-refractivity contribution < 1.29 is 4.39 Å². The molecule has 2 heterocycles. The average molecular weight is 330 g/mol. The molecule has 1 aliphatic rings. The van der Waals surface area contributed by atoms with Crippen LogP contribution in [0.1, 0.15) is 12.0 Å². The molecule has 0 N–H and O–H groups in total. The molecule has 1 aromatic heterocycles. The molecule has 23 heavy (non-hydrogen) atoms. The summed E-state index contributed by atoms with van der Waals surface area (Å²) in [5.74, 6) is 0.566. The molecule has 3 rings (SSSR count). The van der Waals surface area contributed by atoms with Gasteiger partial charge >= 0.3 is 0 Å². The van der Waals surface area contributed by atoms with E-state index in [1.54, 1.807) is 0 Å². The van der Waals surface area contributed by atoms with Crippen molar-refractivity contribution in [2.45, 2.75) is 6.42 Å². The fourth-order valence-electron chi connectivity index (χ4n) is 2.60. The first-order chi connectivity index (χ1) is 11.2. The van der Waals surface area contributed by atoms with E-state index in [1.807, 2.05) is 12.1 Å². The summed E-state index contributed by atoms with van der Waals surface area (Å²) in [6, 6.07) is 8.04. The summed E-state index contributed by atoms with van der Waals surface area (Å²) in [4.78, 5) is 10.2. The Kier molecular flexibility index (Phi) is 4.72. The number of hydrogen-bond acceptors (Lipinski definition) is 3. The SMILES string of the molecule is C=C(CCl)N1CC=C(c2ccc(-c3ncc(F)cn3)cc2)CC1. The van der Waals surface area contributed by atoms with Crippen molar-refractivity contribution in [1.29, 1.82) is 0 Å². The second kappa shape index (κ2) is 6.92. The van der Waals surface area contributed by atoms with Crippen LogP contribution in [-0.4, -0.2) is 33.8 Å². The van der Waals surface area contributed by atoms with Gasteiger partial charge in [-0.2, -0.15) is 0 Å². The first kappa shape index (κ1) is 15.7. The molecule has 0 atom stereocenters. The molecule has 1 aliphatic heterocycles. The van der Waals surface area contributed by atoms with Crippen LogP contribution in [0.15, 0.2) is 55.0 Å². The Morgan fingerprint density at radius 1 is 1.17 bits per heavy atom. The highest BCUT2D eigenvalue weighted by Gasteiger charge is 2.14. The molecular weight excluding hydrogens is 313 g/mol. The highest BCUT2D eigenvalue weighted by Crippen LogP contribution is 2.26. The number of allylic oxidation sites excluding steroid dienone is 1. The maximum absolute atomic E-state index is 12.9. The molecule has 0 amide bonds. The highest BCUT2D eigenvalue weighted by atomic mass is 35.5. The maximum Gasteiger partial charge on any atom is 0.159 e. The third-order valence-electron chi connectivity index (χ3n) is 3.94. The lowest BCUT2D eigenvalue weighted by atomic mass is 9.98. The normalized spacial score (nSPS) is 14.5. The van der Waals surface area contributed by atoms with Gasteiger partial charge in [-0.25, -0.2) is 14.4 Å². The van der Waals surface area contributed by atoms with Crippen molar-refractivity contribution in [1.82, 2.24) is 14.9 Å². The van der Waals surface area contributed by atoms with Crippen molar-refractivity contribution in [3.8, 4) is 11.4 Å². The Balaban J connectivity index is 1.74. The Hall–Kier alpha value is -2.20. The van der Waals surface area contributed by atoms with Gasteiger partial charge in [-0.05, 0) is 17.6 Å². The molecule has 3 nitrogen and oxygen atoms in total. The largest absolute Gasteiger partial charge is 0.370 e. The van der Waals surface area contributed by atoms with E-state index in [1.165, 1.54) is 23.5 Å². The van der Waals surface area contributed by atoms with Gasteiger partial charge in [0.05, 0.1) is 18.3 Å². The second-order valence-corrected chi connectivity index (χ2v) is 5.69. The van der Waals surface area contributed by atoms with Crippen LogP contribution in [0.5, 0.6) is 0 Å². The van der Waals surface area contributed by atoms with E-state index < -0.39 is 5.82 Å². The molecule has 0 fully saturated rings. The second-order valence-electron chi connectivity index (χ2n) is 5.43. The number of alkyl halides is 1. The zero-order valence-electron chi connectivity index (χ0n) is 12.7. The highest BCUT2D eigenvalue weighted by molar-refractivity contribution is 6.19. The molecule has 0 aliphatic carbocycles. The molecule has 0 bridgehead atoms. The minimum absolute atomic E-state index is 0.430. The van der Waals surface area contributed by atoms with E-state index in [0.29, 0.717) is 11.7 Å². The van der Waals surface area contributed by atoms with Crippen LogP contribution >= 0.6 is 11.6 Å². The Morgan fingerprint density at radius 3 is 2.39 bits per heavy atom. The van der Waals surface area contributed by atoms with Gasteiger partial charge in [-0.1, -0.05) is 36.9 Å². The zero-order valence-corrected chi connectivity index (χ0v) is 13.4. The molecule has 2 aromatic rings. The van der Waals surface area contributed by atoms with Crippen molar-refractivity contribution >= 4 is 17.2 Å². The van der Waals surface area contributed by atoms with Gasteiger partial charge in [-0.3, -0.25) is 0 Å². The van der Waals surface area contributed by atoms with E-state index in [-0.39, 0.29) is 0 Å². The van der Waals surface area contributed by atoms with Crippen LogP contribution in [0.3, 0.4) is 0 Å². The number of rotatable bonds is 4. The van der Waals surface area contributed by atoms with Gasteiger partial charge in [0.25, 0.3) is 0 Å². The lowest BCUT2D eigenvalue weighted by Gasteiger charge is -2.29. The summed E-state index contributed by atoms with van der Waals surface area (Å²) >= 11 is 5.83. The number of halogens is 2. The third-order valence-corrected chi connectivity index (χ3v) is 4.25. The van der Waals surface area contributed by atoms with Gasteiger partial charge < -0.3 is 4.90 Å². The topological polar surface area (TPSA) is 29.0 Å².